The average molecular weight is 395 g/mol. The molecule has 6 nitrogen and oxygen atoms in total. The molecule has 0 aromatic carbocycles. The summed E-state index contributed by atoms with van der Waals surface area (Å²) in [5, 5.41) is 5.36. The molecule has 2 heterocycles. The van der Waals surface area contributed by atoms with E-state index in [9.17, 15) is 9.59 Å². The second-order valence-corrected chi connectivity index (χ2v) is 8.67. The number of aryl methyl sites for hydroxylation is 2. The first-order valence-corrected chi connectivity index (χ1v) is 10.2. The summed E-state index contributed by atoms with van der Waals surface area (Å²) in [5.41, 5.74) is 0.918. The molecule has 0 atom stereocenters. The standard InChI is InChI=1S/C18H26N4O2S2/c1-13-14(2)26-18(19-13)20-16(23)12-22(9-6-8-21(3)4)17(24)11-15-7-5-10-25-15/h5,7,10H,6,8-9,11-12H2,1-4H3,(H,19,20,23). The molecule has 2 aromatic heterocycles. The predicted molar refractivity (Wildman–Crippen MR) is 108 cm³/mol. The highest BCUT2D eigenvalue weighted by atomic mass is 32.1. The maximum atomic E-state index is 12.7. The summed E-state index contributed by atoms with van der Waals surface area (Å²) in [4.78, 5) is 35.2. The highest BCUT2D eigenvalue weighted by Gasteiger charge is 2.19. The van der Waals surface area contributed by atoms with Crippen LogP contribution < -0.4 is 5.32 Å². The van der Waals surface area contributed by atoms with Gasteiger partial charge >= 0.3 is 0 Å². The number of nitrogens with zero attached hydrogens (tertiary/aromatic N) is 3. The number of thiazole rings is 1. The van der Waals surface area contributed by atoms with Crippen LogP contribution in [0.5, 0.6) is 0 Å². The van der Waals surface area contributed by atoms with Gasteiger partial charge in [-0.25, -0.2) is 4.98 Å². The van der Waals surface area contributed by atoms with Crippen LogP contribution in [-0.2, 0) is 16.0 Å². The van der Waals surface area contributed by atoms with Crippen LogP contribution in [0.25, 0.3) is 0 Å². The van der Waals surface area contributed by atoms with E-state index in [2.05, 4.69) is 15.2 Å². The largest absolute Gasteiger partial charge is 0.333 e. The van der Waals surface area contributed by atoms with Crippen molar-refractivity contribution < 1.29 is 9.59 Å². The SMILES string of the molecule is Cc1nc(NC(=O)CN(CCCN(C)C)C(=O)Cc2cccs2)sc1C. The molecule has 142 valence electrons. The van der Waals surface area contributed by atoms with Gasteiger partial charge in [-0.3, -0.25) is 9.59 Å². The Morgan fingerprint density at radius 2 is 2.00 bits per heavy atom. The monoisotopic (exact) mass is 394 g/mol. The minimum atomic E-state index is -0.205. The van der Waals surface area contributed by atoms with E-state index < -0.39 is 0 Å². The summed E-state index contributed by atoms with van der Waals surface area (Å²) in [6, 6.07) is 3.88. The number of hydrogen-bond acceptors (Lipinski definition) is 6. The van der Waals surface area contributed by atoms with Crippen LogP contribution in [0, 0.1) is 13.8 Å². The number of hydrogen-bond donors (Lipinski definition) is 1. The summed E-state index contributed by atoms with van der Waals surface area (Å²) in [7, 11) is 4.00. The molecule has 0 unspecified atom stereocenters. The molecular weight excluding hydrogens is 368 g/mol. The van der Waals surface area contributed by atoms with Gasteiger partial charge in [0.15, 0.2) is 5.13 Å². The van der Waals surface area contributed by atoms with E-state index in [-0.39, 0.29) is 18.4 Å². The maximum Gasteiger partial charge on any atom is 0.245 e. The van der Waals surface area contributed by atoms with Gasteiger partial charge in [0.05, 0.1) is 18.7 Å². The minimum Gasteiger partial charge on any atom is -0.333 e. The Bertz CT molecular complexity index is 706. The third-order valence-electron chi connectivity index (χ3n) is 3.90. The van der Waals surface area contributed by atoms with Crippen LogP contribution >= 0.6 is 22.7 Å². The van der Waals surface area contributed by atoms with Crippen LogP contribution in [0.4, 0.5) is 5.13 Å². The van der Waals surface area contributed by atoms with E-state index in [1.165, 1.54) is 11.3 Å². The van der Waals surface area contributed by atoms with Crippen LogP contribution in [0.15, 0.2) is 17.5 Å². The van der Waals surface area contributed by atoms with Crippen molar-refractivity contribution in [3.63, 3.8) is 0 Å². The fraction of sp³-hybridized carbons (Fsp3) is 0.500. The lowest BCUT2D eigenvalue weighted by Gasteiger charge is -2.22. The molecule has 0 bridgehead atoms. The van der Waals surface area contributed by atoms with Crippen molar-refractivity contribution in [1.82, 2.24) is 14.8 Å². The molecule has 8 heteroatoms. The van der Waals surface area contributed by atoms with Gasteiger partial charge in [0.1, 0.15) is 0 Å². The quantitative estimate of drug-likeness (QED) is 0.710. The summed E-state index contributed by atoms with van der Waals surface area (Å²) < 4.78 is 0. The molecule has 2 rings (SSSR count). The molecule has 1 N–H and O–H groups in total. The van der Waals surface area contributed by atoms with Gasteiger partial charge in [0.25, 0.3) is 0 Å². The van der Waals surface area contributed by atoms with E-state index >= 15 is 0 Å². The summed E-state index contributed by atoms with van der Waals surface area (Å²) in [6.07, 6.45) is 1.16. The lowest BCUT2D eigenvalue weighted by molar-refractivity contribution is -0.134. The first-order chi connectivity index (χ1) is 12.3. The number of thiophene rings is 1. The van der Waals surface area contributed by atoms with Gasteiger partial charge < -0.3 is 15.1 Å². The normalized spacial score (nSPS) is 11.0. The lowest BCUT2D eigenvalue weighted by Crippen LogP contribution is -2.40. The van der Waals surface area contributed by atoms with Crippen LogP contribution in [0.3, 0.4) is 0 Å². The van der Waals surface area contributed by atoms with Gasteiger partial charge in [0, 0.05) is 16.3 Å². The third-order valence-corrected chi connectivity index (χ3v) is 5.77. The molecule has 0 aliphatic heterocycles. The number of rotatable bonds is 9. The first-order valence-electron chi connectivity index (χ1n) is 8.54. The van der Waals surface area contributed by atoms with Crippen molar-refractivity contribution in [2.24, 2.45) is 0 Å². The zero-order valence-corrected chi connectivity index (χ0v) is 17.4. The van der Waals surface area contributed by atoms with Crippen molar-refractivity contribution in [2.75, 3.05) is 39.0 Å². The fourth-order valence-corrected chi connectivity index (χ4v) is 3.93. The summed E-state index contributed by atoms with van der Waals surface area (Å²) in [6.45, 7) is 5.37. The average Bonchev–Trinajstić information content (AvgIpc) is 3.16. The highest BCUT2D eigenvalue weighted by molar-refractivity contribution is 7.15. The van der Waals surface area contributed by atoms with Crippen molar-refractivity contribution in [1.29, 1.82) is 0 Å². The molecule has 0 fully saturated rings. The zero-order valence-electron chi connectivity index (χ0n) is 15.7. The topological polar surface area (TPSA) is 65.5 Å². The summed E-state index contributed by atoms with van der Waals surface area (Å²) >= 11 is 3.01. The van der Waals surface area contributed by atoms with Gasteiger partial charge in [-0.2, -0.15) is 0 Å². The fourth-order valence-electron chi connectivity index (χ4n) is 2.40. The molecule has 0 saturated heterocycles. The third kappa shape index (κ3) is 6.51. The van der Waals surface area contributed by atoms with Crippen molar-refractivity contribution in [2.45, 2.75) is 26.7 Å². The van der Waals surface area contributed by atoms with Gasteiger partial charge in [-0.05, 0) is 52.4 Å². The number of carbonyl (C=O) groups is 2. The van der Waals surface area contributed by atoms with Crippen molar-refractivity contribution >= 4 is 39.6 Å². The van der Waals surface area contributed by atoms with Gasteiger partial charge in [-0.15, -0.1) is 22.7 Å². The highest BCUT2D eigenvalue weighted by Crippen LogP contribution is 2.21. The zero-order chi connectivity index (χ0) is 19.1. The number of amides is 2. The van der Waals surface area contributed by atoms with E-state index in [1.807, 2.05) is 45.5 Å². The number of nitrogens with one attached hydrogen (secondary N) is 1. The Hall–Kier alpha value is -1.77. The molecule has 0 aliphatic rings. The Balaban J connectivity index is 1.96. The van der Waals surface area contributed by atoms with Crippen molar-refractivity contribution in [3.05, 3.63) is 33.0 Å². The predicted octanol–water partition coefficient (Wildman–Crippen LogP) is 2.78. The first kappa shape index (κ1) is 20.5. The second kappa shape index (κ2) is 9.80. The molecule has 0 saturated carbocycles. The molecule has 0 aliphatic carbocycles. The Morgan fingerprint density at radius 1 is 1.23 bits per heavy atom. The van der Waals surface area contributed by atoms with Crippen LogP contribution in [0.1, 0.15) is 21.9 Å². The second-order valence-electron chi connectivity index (χ2n) is 6.44. The number of carbonyl (C=O) groups excluding carboxylic acids is 2. The van der Waals surface area contributed by atoms with Crippen LogP contribution in [-0.4, -0.2) is 60.3 Å². The van der Waals surface area contributed by atoms with E-state index in [0.29, 0.717) is 18.1 Å². The summed E-state index contributed by atoms with van der Waals surface area (Å²) in [5.74, 6) is -0.226. The minimum absolute atomic E-state index is 0.0205. The molecule has 26 heavy (non-hydrogen) atoms. The Labute approximate surface area is 162 Å². The van der Waals surface area contributed by atoms with Crippen molar-refractivity contribution in [3.8, 4) is 0 Å². The molecule has 2 amide bonds. The molecular formula is C18H26N4O2S2. The van der Waals surface area contributed by atoms with E-state index in [0.717, 1.165) is 28.4 Å². The maximum absolute atomic E-state index is 12.7. The number of aromatic nitrogens is 1. The Morgan fingerprint density at radius 3 is 2.58 bits per heavy atom. The van der Waals surface area contributed by atoms with E-state index in [1.54, 1.807) is 16.2 Å². The molecule has 0 radical (unpaired) electrons. The molecule has 0 spiro atoms. The van der Waals surface area contributed by atoms with E-state index in [4.69, 9.17) is 0 Å². The number of anilines is 1. The van der Waals surface area contributed by atoms with Crippen LogP contribution in [0.2, 0.25) is 0 Å². The lowest BCUT2D eigenvalue weighted by atomic mass is 10.2. The van der Waals surface area contributed by atoms with Gasteiger partial charge in [0.2, 0.25) is 11.8 Å². The van der Waals surface area contributed by atoms with Gasteiger partial charge in [-0.1, -0.05) is 6.07 Å². The molecule has 2 aromatic rings. The Kier molecular flexibility index (Phi) is 7.74. The smallest absolute Gasteiger partial charge is 0.245 e.